The Morgan fingerprint density at radius 3 is 2.76 bits per heavy atom. The molecule has 0 aliphatic carbocycles. The summed E-state index contributed by atoms with van der Waals surface area (Å²) in [4.78, 5) is 27.2. The lowest BCUT2D eigenvalue weighted by Gasteiger charge is -1.99. The Hall–Kier alpha value is -1.68. The molecule has 0 bridgehead atoms. The number of aromatic nitrogens is 2. The molecule has 0 amide bonds. The molecule has 0 spiro atoms. The second-order valence-electron chi connectivity index (χ2n) is 3.81. The van der Waals surface area contributed by atoms with Crippen molar-refractivity contribution in [3.8, 4) is 0 Å². The zero-order chi connectivity index (χ0) is 12.6. The largest absolute Gasteiger partial charge is 0.331 e. The van der Waals surface area contributed by atoms with Gasteiger partial charge in [0.1, 0.15) is 5.82 Å². The third-order valence-corrected chi connectivity index (χ3v) is 2.98. The van der Waals surface area contributed by atoms with Crippen molar-refractivity contribution < 1.29 is 9.59 Å². The molecule has 0 aliphatic heterocycles. The first-order valence-electron chi connectivity index (χ1n) is 5.11. The van der Waals surface area contributed by atoms with Gasteiger partial charge in [0, 0.05) is 12.6 Å². The molecular formula is C12H11ClN2O2. The molecule has 1 aromatic carbocycles. The van der Waals surface area contributed by atoms with Gasteiger partial charge in [0.05, 0.1) is 16.9 Å². The molecule has 1 aromatic heterocycles. The second kappa shape index (κ2) is 4.30. The van der Waals surface area contributed by atoms with Gasteiger partial charge in [-0.05, 0) is 25.1 Å². The molecule has 0 saturated carbocycles. The lowest BCUT2D eigenvalue weighted by atomic mass is 10.1. The number of rotatable bonds is 3. The number of alkyl halides is 1. The molecule has 88 valence electrons. The predicted molar refractivity (Wildman–Crippen MR) is 65.5 cm³/mol. The van der Waals surface area contributed by atoms with Crippen molar-refractivity contribution in [1.82, 2.24) is 9.55 Å². The van der Waals surface area contributed by atoms with Gasteiger partial charge < -0.3 is 4.57 Å². The Balaban J connectivity index is 2.52. The maximum Gasteiger partial charge on any atom is 0.229 e. The summed E-state index contributed by atoms with van der Waals surface area (Å²) in [6.07, 6.45) is 0. The Morgan fingerprint density at radius 1 is 1.41 bits per heavy atom. The minimum absolute atomic E-state index is 0.294. The number of carbonyl (C=O) groups excluding carboxylic acids is 2. The minimum atomic E-state index is -0.598. The second-order valence-corrected chi connectivity index (χ2v) is 4.07. The highest BCUT2D eigenvalue weighted by Gasteiger charge is 2.16. The lowest BCUT2D eigenvalue weighted by Crippen LogP contribution is -2.15. The normalized spacial score (nSPS) is 10.8. The molecule has 0 saturated heterocycles. The number of hydrogen-bond donors (Lipinski definition) is 0. The van der Waals surface area contributed by atoms with E-state index in [2.05, 4.69) is 4.98 Å². The molecule has 0 N–H and O–H groups in total. The van der Waals surface area contributed by atoms with Crippen molar-refractivity contribution in [2.75, 3.05) is 5.88 Å². The monoisotopic (exact) mass is 250 g/mol. The molecule has 1 heterocycles. The van der Waals surface area contributed by atoms with E-state index in [4.69, 9.17) is 11.6 Å². The highest BCUT2D eigenvalue weighted by Crippen LogP contribution is 2.17. The third kappa shape index (κ3) is 1.96. The first-order chi connectivity index (χ1) is 8.04. The van der Waals surface area contributed by atoms with E-state index >= 15 is 0 Å². The topological polar surface area (TPSA) is 52.0 Å². The average Bonchev–Trinajstić information content (AvgIpc) is 2.62. The van der Waals surface area contributed by atoms with Gasteiger partial charge in [-0.3, -0.25) is 9.59 Å². The average molecular weight is 251 g/mol. The number of carbonyl (C=O) groups is 2. The number of ketones is 2. The number of nitrogens with zero attached hydrogens (tertiary/aromatic N) is 2. The summed E-state index contributed by atoms with van der Waals surface area (Å²) < 4.78 is 1.92. The maximum atomic E-state index is 11.6. The standard InChI is InChI=1S/C12H11ClN2O2/c1-7-14-9-5-8(12(17)11(16)6-13)3-4-10(9)15(7)2/h3-5H,6H2,1-2H3. The van der Waals surface area contributed by atoms with Crippen LogP contribution in [0, 0.1) is 6.92 Å². The van der Waals surface area contributed by atoms with Crippen molar-refractivity contribution in [3.63, 3.8) is 0 Å². The molecule has 0 aliphatic rings. The van der Waals surface area contributed by atoms with Crippen LogP contribution in [0.5, 0.6) is 0 Å². The third-order valence-electron chi connectivity index (χ3n) is 2.74. The SMILES string of the molecule is Cc1nc2cc(C(=O)C(=O)CCl)ccc2n1C. The summed E-state index contributed by atoms with van der Waals surface area (Å²) in [6, 6.07) is 5.02. The fourth-order valence-corrected chi connectivity index (χ4v) is 1.80. The van der Waals surface area contributed by atoms with Crippen LogP contribution >= 0.6 is 11.6 Å². The smallest absolute Gasteiger partial charge is 0.229 e. The van der Waals surface area contributed by atoms with Gasteiger partial charge >= 0.3 is 0 Å². The maximum absolute atomic E-state index is 11.6. The summed E-state index contributed by atoms with van der Waals surface area (Å²) in [5.74, 6) is -0.602. The molecule has 4 nitrogen and oxygen atoms in total. The van der Waals surface area contributed by atoms with Crippen molar-refractivity contribution in [1.29, 1.82) is 0 Å². The van der Waals surface area contributed by atoms with Gasteiger partial charge in [-0.15, -0.1) is 11.6 Å². The van der Waals surface area contributed by atoms with Crippen LogP contribution < -0.4 is 0 Å². The summed E-state index contributed by atoms with van der Waals surface area (Å²) >= 11 is 5.35. The van der Waals surface area contributed by atoms with Crippen molar-refractivity contribution in [2.45, 2.75) is 6.92 Å². The van der Waals surface area contributed by atoms with Gasteiger partial charge in [-0.2, -0.15) is 0 Å². The number of halogens is 1. The van der Waals surface area contributed by atoms with Crippen LogP contribution in [-0.2, 0) is 11.8 Å². The first-order valence-corrected chi connectivity index (χ1v) is 5.64. The van der Waals surface area contributed by atoms with Gasteiger partial charge in [0.15, 0.2) is 0 Å². The van der Waals surface area contributed by atoms with Gasteiger partial charge in [-0.25, -0.2) is 4.98 Å². The van der Waals surface area contributed by atoms with E-state index in [1.807, 2.05) is 18.5 Å². The van der Waals surface area contributed by atoms with Gasteiger partial charge in [0.2, 0.25) is 11.6 Å². The number of hydrogen-bond acceptors (Lipinski definition) is 3. The van der Waals surface area contributed by atoms with Crippen LogP contribution in [0.3, 0.4) is 0 Å². The fourth-order valence-electron chi connectivity index (χ4n) is 1.68. The molecule has 0 atom stereocenters. The Kier molecular flexibility index (Phi) is 2.98. The molecule has 5 heteroatoms. The molecule has 2 rings (SSSR count). The zero-order valence-electron chi connectivity index (χ0n) is 9.53. The fraction of sp³-hybridized carbons (Fsp3) is 0.250. The van der Waals surface area contributed by atoms with E-state index in [-0.39, 0.29) is 5.88 Å². The summed E-state index contributed by atoms with van der Waals surface area (Å²) in [5, 5.41) is 0. The highest BCUT2D eigenvalue weighted by molar-refractivity contribution is 6.51. The van der Waals surface area contributed by atoms with Crippen molar-refractivity contribution in [3.05, 3.63) is 29.6 Å². The van der Waals surface area contributed by atoms with Crippen molar-refractivity contribution >= 4 is 34.2 Å². The molecular weight excluding hydrogens is 240 g/mol. The number of Topliss-reactive ketones (excluding diaryl/α,β-unsaturated/α-hetero) is 2. The van der Waals surface area contributed by atoms with Crippen molar-refractivity contribution in [2.24, 2.45) is 7.05 Å². The van der Waals surface area contributed by atoms with E-state index in [9.17, 15) is 9.59 Å². The quantitative estimate of drug-likeness (QED) is 0.475. The van der Waals surface area contributed by atoms with Gasteiger partial charge in [0.25, 0.3) is 0 Å². The van der Waals surface area contributed by atoms with E-state index in [0.717, 1.165) is 11.3 Å². The summed E-state index contributed by atoms with van der Waals surface area (Å²) in [5.41, 5.74) is 1.97. The predicted octanol–water partition coefficient (Wildman–Crippen LogP) is 1.87. The van der Waals surface area contributed by atoms with E-state index < -0.39 is 11.6 Å². The van der Waals surface area contributed by atoms with Crippen LogP contribution in [0.1, 0.15) is 16.2 Å². The number of benzene rings is 1. The van der Waals surface area contributed by atoms with Crippen LogP contribution in [0.15, 0.2) is 18.2 Å². The van der Waals surface area contributed by atoms with E-state index in [1.54, 1.807) is 18.2 Å². The summed E-state index contributed by atoms with van der Waals surface area (Å²) in [7, 11) is 1.90. The molecule has 0 radical (unpaired) electrons. The first kappa shape index (κ1) is 11.8. The minimum Gasteiger partial charge on any atom is -0.331 e. The number of aryl methyl sites for hydroxylation is 2. The molecule has 17 heavy (non-hydrogen) atoms. The lowest BCUT2D eigenvalue weighted by molar-refractivity contribution is -0.112. The Bertz CT molecular complexity index is 616. The van der Waals surface area contributed by atoms with E-state index in [0.29, 0.717) is 11.1 Å². The number of imidazole rings is 1. The number of fused-ring (bicyclic) bond motifs is 1. The van der Waals surface area contributed by atoms with Crippen LogP contribution in [0.4, 0.5) is 0 Å². The van der Waals surface area contributed by atoms with Gasteiger partial charge in [-0.1, -0.05) is 0 Å². The molecule has 2 aromatic rings. The molecule has 0 unspecified atom stereocenters. The Labute approximate surface area is 103 Å². The van der Waals surface area contributed by atoms with Crippen LogP contribution in [0.2, 0.25) is 0 Å². The van der Waals surface area contributed by atoms with Crippen LogP contribution in [-0.4, -0.2) is 27.0 Å². The van der Waals surface area contributed by atoms with E-state index in [1.165, 1.54) is 0 Å². The Morgan fingerprint density at radius 2 is 2.12 bits per heavy atom. The molecule has 0 fully saturated rings. The summed E-state index contributed by atoms with van der Waals surface area (Å²) in [6.45, 7) is 1.88. The van der Waals surface area contributed by atoms with Crippen LogP contribution in [0.25, 0.3) is 11.0 Å². The zero-order valence-corrected chi connectivity index (χ0v) is 10.3. The highest BCUT2D eigenvalue weighted by atomic mass is 35.5.